The number of carboxylic acids is 1. The molecule has 5 rings (SSSR count). The zero-order chi connectivity index (χ0) is 23.3. The second-order valence-electron chi connectivity index (χ2n) is 8.87. The first-order chi connectivity index (χ1) is 15.9. The average molecular weight is 490 g/mol. The van der Waals surface area contributed by atoms with Crippen molar-refractivity contribution in [1.29, 1.82) is 0 Å². The molecule has 4 aliphatic rings. The molecule has 10 heteroatoms. The first-order valence-corrected chi connectivity index (χ1v) is 13.1. The molecule has 0 saturated carbocycles. The van der Waals surface area contributed by atoms with Crippen LogP contribution in [0.5, 0.6) is 0 Å². The number of likely N-dealkylation sites (tertiary alicyclic amines) is 1. The highest BCUT2D eigenvalue weighted by atomic mass is 32.2. The van der Waals surface area contributed by atoms with Crippen LogP contribution in [0.3, 0.4) is 0 Å². The minimum atomic E-state index is -1.09. The average Bonchev–Trinajstić information content (AvgIpc) is 3.47. The summed E-state index contributed by atoms with van der Waals surface area (Å²) in [6, 6.07) is 7.73. The molecular formula is C23H27N3O5S2. The molecule has 4 heterocycles. The monoisotopic (exact) mass is 489 g/mol. The molecule has 1 unspecified atom stereocenters. The highest BCUT2D eigenvalue weighted by Gasteiger charge is 2.58. The fourth-order valence-corrected chi connectivity index (χ4v) is 8.31. The van der Waals surface area contributed by atoms with Gasteiger partial charge in [0, 0.05) is 37.0 Å². The summed E-state index contributed by atoms with van der Waals surface area (Å²) in [5.41, 5.74) is 1.94. The maximum atomic E-state index is 12.6. The molecule has 1 aromatic carbocycles. The number of carbonyl (C=O) groups is 3. The fraction of sp³-hybridized carbons (Fsp3) is 0.522. The van der Waals surface area contributed by atoms with Crippen LogP contribution in [0.25, 0.3) is 0 Å². The summed E-state index contributed by atoms with van der Waals surface area (Å²) < 4.78 is 0.670. The van der Waals surface area contributed by atoms with Crippen LogP contribution in [-0.2, 0) is 16.1 Å². The van der Waals surface area contributed by atoms with Crippen molar-refractivity contribution in [2.45, 2.75) is 43.0 Å². The van der Waals surface area contributed by atoms with Crippen molar-refractivity contribution in [3.8, 4) is 0 Å². The van der Waals surface area contributed by atoms with E-state index in [-0.39, 0.29) is 28.1 Å². The number of hydrogen-bond acceptors (Lipinski definition) is 7. The van der Waals surface area contributed by atoms with E-state index in [1.54, 1.807) is 0 Å². The van der Waals surface area contributed by atoms with E-state index in [1.807, 2.05) is 36.1 Å². The zero-order valence-electron chi connectivity index (χ0n) is 18.3. The summed E-state index contributed by atoms with van der Waals surface area (Å²) in [6.07, 6.45) is 0.649. The Morgan fingerprint density at radius 2 is 2.06 bits per heavy atom. The van der Waals surface area contributed by atoms with Gasteiger partial charge < -0.3 is 20.0 Å². The van der Waals surface area contributed by atoms with Crippen molar-refractivity contribution < 1.29 is 24.6 Å². The van der Waals surface area contributed by atoms with Gasteiger partial charge >= 0.3 is 5.97 Å². The van der Waals surface area contributed by atoms with Gasteiger partial charge in [-0.15, -0.1) is 11.8 Å². The lowest BCUT2D eigenvalue weighted by Gasteiger charge is -2.44. The number of carboxylic acid groups (broad SMARTS) is 1. The molecule has 0 aromatic heterocycles. The van der Waals surface area contributed by atoms with Gasteiger partial charge in [0.25, 0.3) is 5.91 Å². The van der Waals surface area contributed by atoms with E-state index >= 15 is 0 Å². The van der Waals surface area contributed by atoms with Gasteiger partial charge in [0.2, 0.25) is 5.91 Å². The molecular weight excluding hydrogens is 462 g/mol. The SMILES string of the molecule is CC[C@H](O)[C@@H]1C(=O)N2C(C(=O)O)=C(SC3CCN(CCN4Cc5ccccc5C4=O)C3)S[C@H]12. The maximum Gasteiger partial charge on any atom is 0.354 e. The number of carbonyl (C=O) groups excluding carboxylic acids is 2. The topological polar surface area (TPSA) is 101 Å². The number of β-lactam (4-membered cyclic amide) rings is 1. The summed E-state index contributed by atoms with van der Waals surface area (Å²) in [6.45, 7) is 5.65. The largest absolute Gasteiger partial charge is 0.477 e. The molecule has 2 amide bonds. The van der Waals surface area contributed by atoms with Gasteiger partial charge in [-0.05, 0) is 31.0 Å². The Morgan fingerprint density at radius 1 is 1.27 bits per heavy atom. The first-order valence-electron chi connectivity index (χ1n) is 11.3. The van der Waals surface area contributed by atoms with E-state index in [2.05, 4.69) is 4.90 Å². The molecule has 4 aliphatic heterocycles. The van der Waals surface area contributed by atoms with Crippen molar-refractivity contribution >= 4 is 41.3 Å². The number of aliphatic hydroxyl groups is 1. The predicted octanol–water partition coefficient (Wildman–Crippen LogP) is 2.01. The summed E-state index contributed by atoms with van der Waals surface area (Å²) in [7, 11) is 0. The third kappa shape index (κ3) is 3.96. The van der Waals surface area contributed by atoms with Crippen molar-refractivity contribution in [3.05, 3.63) is 45.3 Å². The highest BCUT2D eigenvalue weighted by molar-refractivity contribution is 8.23. The van der Waals surface area contributed by atoms with Crippen LogP contribution >= 0.6 is 23.5 Å². The van der Waals surface area contributed by atoms with Gasteiger partial charge in [-0.25, -0.2) is 4.79 Å². The second kappa shape index (κ2) is 8.98. The molecule has 2 saturated heterocycles. The van der Waals surface area contributed by atoms with Crippen molar-refractivity contribution in [2.24, 2.45) is 5.92 Å². The molecule has 8 nitrogen and oxygen atoms in total. The molecule has 4 atom stereocenters. The molecule has 1 aromatic rings. The highest BCUT2D eigenvalue weighted by Crippen LogP contribution is 2.55. The molecule has 2 fully saturated rings. The van der Waals surface area contributed by atoms with Crippen LogP contribution in [0, 0.1) is 5.92 Å². The Labute approximate surface area is 201 Å². The molecule has 33 heavy (non-hydrogen) atoms. The lowest BCUT2D eigenvalue weighted by Crippen LogP contribution is -2.61. The molecule has 0 aliphatic carbocycles. The van der Waals surface area contributed by atoms with E-state index in [1.165, 1.54) is 28.4 Å². The van der Waals surface area contributed by atoms with E-state index in [0.29, 0.717) is 23.7 Å². The number of thioether (sulfide) groups is 2. The normalized spacial score (nSPS) is 27.8. The Balaban J connectivity index is 1.17. The Bertz CT molecular complexity index is 1030. The quantitative estimate of drug-likeness (QED) is 0.535. The Hall–Kier alpha value is -2.01. The van der Waals surface area contributed by atoms with Crippen LogP contribution < -0.4 is 0 Å². The summed E-state index contributed by atoms with van der Waals surface area (Å²) in [5, 5.41) is 19.8. The minimum Gasteiger partial charge on any atom is -0.477 e. The number of rotatable bonds is 8. The number of fused-ring (bicyclic) bond motifs is 2. The Morgan fingerprint density at radius 3 is 2.79 bits per heavy atom. The third-order valence-electron chi connectivity index (χ3n) is 6.87. The minimum absolute atomic E-state index is 0.0680. The van der Waals surface area contributed by atoms with E-state index in [0.717, 1.165) is 37.2 Å². The lowest BCUT2D eigenvalue weighted by atomic mass is 9.90. The predicted molar refractivity (Wildman–Crippen MR) is 126 cm³/mol. The summed E-state index contributed by atoms with van der Waals surface area (Å²) in [5.74, 6) is -1.83. The van der Waals surface area contributed by atoms with Crippen LogP contribution in [-0.4, -0.2) is 85.6 Å². The maximum absolute atomic E-state index is 12.6. The van der Waals surface area contributed by atoms with E-state index < -0.39 is 18.0 Å². The van der Waals surface area contributed by atoms with Crippen molar-refractivity contribution in [1.82, 2.24) is 14.7 Å². The fourth-order valence-electron chi connectivity index (χ4n) is 5.00. The van der Waals surface area contributed by atoms with Gasteiger partial charge in [0.05, 0.1) is 16.3 Å². The number of hydrogen-bond donors (Lipinski definition) is 2. The number of nitrogens with zero attached hydrogens (tertiary/aromatic N) is 3. The standard InChI is InChI=1S/C23H27N3O5S2/c1-2-16(27)17-20(29)26-18(22(30)31)23(33-21(17)26)32-14-7-8-24(12-14)9-10-25-11-13-5-3-4-6-15(13)19(25)28/h3-6,14,16-17,21,27H,2,7-12H2,1H3,(H,30,31)/t14?,16-,17+,21+/m0/s1. The van der Waals surface area contributed by atoms with Gasteiger partial charge in [-0.2, -0.15) is 0 Å². The first kappa shape index (κ1) is 22.8. The molecule has 176 valence electrons. The van der Waals surface area contributed by atoms with Crippen LogP contribution in [0.4, 0.5) is 0 Å². The van der Waals surface area contributed by atoms with Crippen molar-refractivity contribution in [3.63, 3.8) is 0 Å². The van der Waals surface area contributed by atoms with Gasteiger partial charge in [0.1, 0.15) is 5.37 Å². The van der Waals surface area contributed by atoms with E-state index in [9.17, 15) is 24.6 Å². The van der Waals surface area contributed by atoms with E-state index in [4.69, 9.17) is 0 Å². The van der Waals surface area contributed by atoms with Crippen LogP contribution in [0.2, 0.25) is 0 Å². The summed E-state index contributed by atoms with van der Waals surface area (Å²) in [4.78, 5) is 42.6. The third-order valence-corrected chi connectivity index (χ3v) is 9.72. The van der Waals surface area contributed by atoms with Gasteiger partial charge in [-0.1, -0.05) is 36.9 Å². The van der Waals surface area contributed by atoms with Gasteiger partial charge in [0.15, 0.2) is 5.70 Å². The molecule has 0 bridgehead atoms. The van der Waals surface area contributed by atoms with Crippen molar-refractivity contribution in [2.75, 3.05) is 26.2 Å². The zero-order valence-corrected chi connectivity index (χ0v) is 20.0. The second-order valence-corrected chi connectivity index (χ2v) is 11.6. The number of aliphatic carboxylic acids is 1. The smallest absolute Gasteiger partial charge is 0.354 e. The molecule has 0 radical (unpaired) electrons. The van der Waals surface area contributed by atoms with Crippen LogP contribution in [0.1, 0.15) is 35.7 Å². The number of aliphatic hydroxyl groups excluding tert-OH is 1. The molecule has 2 N–H and O–H groups in total. The van der Waals surface area contributed by atoms with Gasteiger partial charge in [-0.3, -0.25) is 14.5 Å². The lowest BCUT2D eigenvalue weighted by molar-refractivity contribution is -0.157. The Kier molecular flexibility index (Phi) is 6.19. The summed E-state index contributed by atoms with van der Waals surface area (Å²) >= 11 is 2.94. The van der Waals surface area contributed by atoms with Crippen LogP contribution in [0.15, 0.2) is 34.2 Å². The number of amides is 2. The number of benzene rings is 1. The molecule has 0 spiro atoms.